The second-order valence-corrected chi connectivity index (χ2v) is 3.73. The number of unbranched alkanes of at least 4 members (excludes halogenated alkanes) is 4. The summed E-state index contributed by atoms with van der Waals surface area (Å²) in [4.78, 5) is 11.3. The molecule has 15 heavy (non-hydrogen) atoms. The van der Waals surface area contributed by atoms with Crippen LogP contribution in [0.4, 0.5) is 5.82 Å². The smallest absolute Gasteiger partial charge is 0.266 e. The quantitative estimate of drug-likeness (QED) is 0.727. The summed E-state index contributed by atoms with van der Waals surface area (Å²) in [6.45, 7) is 2.86. The zero-order valence-corrected chi connectivity index (χ0v) is 9.28. The van der Waals surface area contributed by atoms with Crippen LogP contribution in [0.1, 0.15) is 39.0 Å². The topological polar surface area (TPSA) is 60.9 Å². The number of nitrogens with zero attached hydrogens (tertiary/aromatic N) is 2. The number of rotatable bonds is 6. The zero-order valence-electron chi connectivity index (χ0n) is 9.28. The van der Waals surface area contributed by atoms with Gasteiger partial charge in [-0.15, -0.1) is 0 Å². The molecule has 84 valence electrons. The molecule has 4 heteroatoms. The van der Waals surface area contributed by atoms with E-state index in [1.54, 1.807) is 0 Å². The number of anilines is 1. The Morgan fingerprint density at radius 1 is 1.27 bits per heavy atom. The number of hydrogen-bond donors (Lipinski definition) is 1. The summed E-state index contributed by atoms with van der Waals surface area (Å²) < 4.78 is 1.45. The van der Waals surface area contributed by atoms with E-state index >= 15 is 0 Å². The first-order valence-electron chi connectivity index (χ1n) is 5.57. The predicted molar refractivity (Wildman–Crippen MR) is 61.7 cm³/mol. The Kier molecular flexibility index (Phi) is 4.87. The maximum Gasteiger partial charge on any atom is 0.266 e. The fourth-order valence-corrected chi connectivity index (χ4v) is 1.49. The molecule has 1 aromatic rings. The van der Waals surface area contributed by atoms with Crippen LogP contribution in [0.3, 0.4) is 0 Å². The molecule has 0 aliphatic rings. The molecule has 0 aliphatic carbocycles. The lowest BCUT2D eigenvalue weighted by Gasteiger charge is -2.04. The molecule has 0 saturated carbocycles. The molecule has 0 saturated heterocycles. The lowest BCUT2D eigenvalue weighted by molar-refractivity contribution is 0.515. The van der Waals surface area contributed by atoms with Crippen LogP contribution in [0.5, 0.6) is 0 Å². The van der Waals surface area contributed by atoms with E-state index < -0.39 is 0 Å². The Balaban J connectivity index is 2.37. The van der Waals surface area contributed by atoms with Gasteiger partial charge in [0.2, 0.25) is 0 Å². The Hall–Kier alpha value is -1.32. The van der Waals surface area contributed by atoms with Crippen molar-refractivity contribution in [2.75, 3.05) is 5.73 Å². The van der Waals surface area contributed by atoms with Gasteiger partial charge < -0.3 is 5.73 Å². The molecule has 2 N–H and O–H groups in total. The molecule has 4 nitrogen and oxygen atoms in total. The highest BCUT2D eigenvalue weighted by atomic mass is 16.1. The van der Waals surface area contributed by atoms with Gasteiger partial charge in [-0.05, 0) is 12.5 Å². The van der Waals surface area contributed by atoms with Crippen LogP contribution < -0.4 is 11.3 Å². The predicted octanol–water partition coefficient (Wildman–Crippen LogP) is 1.80. The lowest BCUT2D eigenvalue weighted by Crippen LogP contribution is -2.22. The second-order valence-electron chi connectivity index (χ2n) is 3.73. The summed E-state index contributed by atoms with van der Waals surface area (Å²) in [6, 6.07) is 3.00. The summed E-state index contributed by atoms with van der Waals surface area (Å²) >= 11 is 0. The third-order valence-electron chi connectivity index (χ3n) is 2.36. The summed E-state index contributed by atoms with van der Waals surface area (Å²) in [6.07, 6.45) is 5.87. The van der Waals surface area contributed by atoms with Crippen LogP contribution in [-0.4, -0.2) is 9.78 Å². The molecule has 0 radical (unpaired) electrons. The number of hydrogen-bond acceptors (Lipinski definition) is 3. The Bertz CT molecular complexity index is 346. The van der Waals surface area contributed by atoms with Crippen LogP contribution in [0.2, 0.25) is 0 Å². The standard InChI is InChI=1S/C11H19N3O/c1-2-3-4-5-6-9-14-11(15)8-7-10(12)13-14/h7-8H,2-6,9H2,1H3,(H2,12,13). The van der Waals surface area contributed by atoms with Gasteiger partial charge >= 0.3 is 0 Å². The molecule has 0 atom stereocenters. The van der Waals surface area contributed by atoms with Gasteiger partial charge in [-0.3, -0.25) is 4.79 Å². The largest absolute Gasteiger partial charge is 0.382 e. The maximum atomic E-state index is 11.3. The third kappa shape index (κ3) is 4.14. The SMILES string of the molecule is CCCCCCCn1nc(N)ccc1=O. The number of nitrogens with two attached hydrogens (primary N) is 1. The van der Waals surface area contributed by atoms with Crippen LogP contribution in [0.25, 0.3) is 0 Å². The second kappa shape index (κ2) is 6.22. The minimum absolute atomic E-state index is 0.0697. The molecule has 0 spiro atoms. The molecular weight excluding hydrogens is 190 g/mol. The van der Waals surface area contributed by atoms with Gasteiger partial charge in [0.1, 0.15) is 5.82 Å². The highest BCUT2D eigenvalue weighted by Gasteiger charge is 1.97. The summed E-state index contributed by atoms with van der Waals surface area (Å²) in [5.41, 5.74) is 5.44. The molecule has 0 aliphatic heterocycles. The number of aryl methyl sites for hydroxylation is 1. The van der Waals surface area contributed by atoms with Gasteiger partial charge in [0.05, 0.1) is 0 Å². The van der Waals surface area contributed by atoms with Gasteiger partial charge in [0.25, 0.3) is 5.56 Å². The molecule has 1 aromatic heterocycles. The molecule has 0 unspecified atom stereocenters. The van der Waals surface area contributed by atoms with Crippen molar-refractivity contribution in [3.63, 3.8) is 0 Å². The van der Waals surface area contributed by atoms with Crippen molar-refractivity contribution >= 4 is 5.82 Å². The van der Waals surface area contributed by atoms with Gasteiger partial charge in [-0.25, -0.2) is 4.68 Å². The van der Waals surface area contributed by atoms with E-state index in [0.717, 1.165) is 12.8 Å². The van der Waals surface area contributed by atoms with Gasteiger partial charge in [0.15, 0.2) is 0 Å². The third-order valence-corrected chi connectivity index (χ3v) is 2.36. The Labute approximate surface area is 90.1 Å². The van der Waals surface area contributed by atoms with Crippen molar-refractivity contribution in [2.24, 2.45) is 0 Å². The average molecular weight is 209 g/mol. The van der Waals surface area contributed by atoms with Crippen LogP contribution in [0.15, 0.2) is 16.9 Å². The van der Waals surface area contributed by atoms with Crippen molar-refractivity contribution in [3.05, 3.63) is 22.5 Å². The Morgan fingerprint density at radius 3 is 2.73 bits per heavy atom. The van der Waals surface area contributed by atoms with Gasteiger partial charge in [0, 0.05) is 12.6 Å². The van der Waals surface area contributed by atoms with E-state index in [4.69, 9.17) is 5.73 Å². The molecule has 1 heterocycles. The zero-order chi connectivity index (χ0) is 11.1. The Morgan fingerprint density at radius 2 is 2.00 bits per heavy atom. The minimum atomic E-state index is -0.0697. The van der Waals surface area contributed by atoms with Crippen molar-refractivity contribution in [1.82, 2.24) is 9.78 Å². The average Bonchev–Trinajstić information content (AvgIpc) is 2.23. The van der Waals surface area contributed by atoms with E-state index in [-0.39, 0.29) is 5.56 Å². The molecule has 0 amide bonds. The number of nitrogen functional groups attached to an aromatic ring is 1. The monoisotopic (exact) mass is 209 g/mol. The first-order chi connectivity index (χ1) is 7.24. The first kappa shape index (κ1) is 11.8. The van der Waals surface area contributed by atoms with E-state index in [1.165, 1.54) is 36.1 Å². The van der Waals surface area contributed by atoms with E-state index in [2.05, 4.69) is 12.0 Å². The first-order valence-corrected chi connectivity index (χ1v) is 5.57. The minimum Gasteiger partial charge on any atom is -0.382 e. The summed E-state index contributed by atoms with van der Waals surface area (Å²) in [7, 11) is 0. The van der Waals surface area contributed by atoms with Crippen molar-refractivity contribution in [2.45, 2.75) is 45.6 Å². The van der Waals surface area contributed by atoms with Crippen molar-refractivity contribution < 1.29 is 0 Å². The van der Waals surface area contributed by atoms with Crippen LogP contribution in [0, 0.1) is 0 Å². The van der Waals surface area contributed by atoms with E-state index in [1.807, 2.05) is 0 Å². The number of aromatic nitrogens is 2. The highest BCUT2D eigenvalue weighted by molar-refractivity contribution is 5.23. The normalized spacial score (nSPS) is 10.5. The molecule has 1 rings (SSSR count). The summed E-state index contributed by atoms with van der Waals surface area (Å²) in [5.74, 6) is 0.406. The van der Waals surface area contributed by atoms with Crippen molar-refractivity contribution in [3.8, 4) is 0 Å². The van der Waals surface area contributed by atoms with Crippen LogP contribution >= 0.6 is 0 Å². The van der Waals surface area contributed by atoms with Crippen LogP contribution in [-0.2, 0) is 6.54 Å². The van der Waals surface area contributed by atoms with E-state index in [9.17, 15) is 4.79 Å². The van der Waals surface area contributed by atoms with E-state index in [0.29, 0.717) is 12.4 Å². The lowest BCUT2D eigenvalue weighted by atomic mass is 10.1. The maximum absolute atomic E-state index is 11.3. The molecular formula is C11H19N3O. The summed E-state index contributed by atoms with van der Waals surface area (Å²) in [5, 5.41) is 3.97. The molecule has 0 bridgehead atoms. The van der Waals surface area contributed by atoms with Crippen molar-refractivity contribution in [1.29, 1.82) is 0 Å². The fraction of sp³-hybridized carbons (Fsp3) is 0.636. The van der Waals surface area contributed by atoms with Gasteiger partial charge in [-0.2, -0.15) is 5.10 Å². The fourth-order valence-electron chi connectivity index (χ4n) is 1.49. The molecule has 0 aromatic carbocycles. The van der Waals surface area contributed by atoms with Gasteiger partial charge in [-0.1, -0.05) is 32.6 Å². The highest BCUT2D eigenvalue weighted by Crippen LogP contribution is 2.03. The molecule has 0 fully saturated rings.